The van der Waals surface area contributed by atoms with E-state index in [2.05, 4.69) is 10.5 Å². The largest absolute Gasteiger partial charge is 0.475 e. The van der Waals surface area contributed by atoms with Crippen LogP contribution in [0.5, 0.6) is 0 Å². The average molecular weight is 171 g/mol. The normalized spacial score (nSPS) is 16.8. The molecule has 68 valence electrons. The first-order valence-corrected chi connectivity index (χ1v) is 3.62. The molecule has 12 heavy (non-hydrogen) atoms. The van der Waals surface area contributed by atoms with Crippen molar-refractivity contribution in [3.05, 3.63) is 12.0 Å². The second kappa shape index (κ2) is 3.31. The van der Waals surface area contributed by atoms with Crippen LogP contribution in [0.25, 0.3) is 0 Å². The van der Waals surface area contributed by atoms with Crippen LogP contribution in [-0.2, 0) is 4.74 Å². The molecule has 1 rings (SSSR count). The van der Waals surface area contributed by atoms with Crippen molar-refractivity contribution < 1.29 is 4.74 Å². The van der Waals surface area contributed by atoms with E-state index in [1.807, 2.05) is 13.8 Å². The molecule has 1 aliphatic heterocycles. The molecule has 0 saturated heterocycles. The molecule has 5 N–H and O–H groups in total. The highest BCUT2D eigenvalue weighted by atomic mass is 16.5. The van der Waals surface area contributed by atoms with E-state index in [9.17, 15) is 0 Å². The highest BCUT2D eigenvalue weighted by Gasteiger charge is 2.09. The molecule has 1 aliphatic rings. The van der Waals surface area contributed by atoms with E-state index < -0.39 is 0 Å². The van der Waals surface area contributed by atoms with Crippen molar-refractivity contribution in [1.82, 2.24) is 10.7 Å². The van der Waals surface area contributed by atoms with Crippen LogP contribution in [0.3, 0.4) is 0 Å². The summed E-state index contributed by atoms with van der Waals surface area (Å²) in [6, 6.07) is 0. The van der Waals surface area contributed by atoms with Crippen LogP contribution < -0.4 is 17.0 Å². The van der Waals surface area contributed by atoms with Crippen LogP contribution in [0.1, 0.15) is 13.8 Å². The molecular formula is C6H13N5O. The van der Waals surface area contributed by atoms with E-state index in [4.69, 9.17) is 16.3 Å². The molecular weight excluding hydrogens is 158 g/mol. The Balaban J connectivity index is 2.60. The van der Waals surface area contributed by atoms with Gasteiger partial charge >= 0.3 is 0 Å². The number of nitrogens with one attached hydrogen (secondary N) is 1. The van der Waals surface area contributed by atoms with Gasteiger partial charge in [0.25, 0.3) is 0 Å². The number of nitrogens with two attached hydrogens (primary N) is 2. The molecule has 0 amide bonds. The van der Waals surface area contributed by atoms with Gasteiger partial charge in [0.15, 0.2) is 5.84 Å². The molecule has 0 radical (unpaired) electrons. The fraction of sp³-hybridized carbons (Fsp3) is 0.500. The minimum atomic E-state index is 0.0723. The lowest BCUT2D eigenvalue weighted by Gasteiger charge is -2.22. The van der Waals surface area contributed by atoms with E-state index in [-0.39, 0.29) is 6.10 Å². The zero-order valence-corrected chi connectivity index (χ0v) is 7.11. The smallest absolute Gasteiger partial charge is 0.212 e. The van der Waals surface area contributed by atoms with Crippen LogP contribution in [0.4, 0.5) is 0 Å². The minimum absolute atomic E-state index is 0.0723. The number of hydrogen-bond donors (Lipinski definition) is 3. The van der Waals surface area contributed by atoms with Gasteiger partial charge < -0.3 is 10.5 Å². The van der Waals surface area contributed by atoms with Gasteiger partial charge in [0.2, 0.25) is 5.88 Å². The van der Waals surface area contributed by atoms with Gasteiger partial charge in [-0.2, -0.15) is 0 Å². The van der Waals surface area contributed by atoms with Crippen LogP contribution in [0.15, 0.2) is 17.1 Å². The second-order valence-corrected chi connectivity index (χ2v) is 2.66. The van der Waals surface area contributed by atoms with Gasteiger partial charge in [-0.25, -0.2) is 11.3 Å². The zero-order chi connectivity index (χ0) is 9.14. The van der Waals surface area contributed by atoms with Crippen molar-refractivity contribution in [3.8, 4) is 0 Å². The first-order valence-electron chi connectivity index (χ1n) is 3.62. The summed E-state index contributed by atoms with van der Waals surface area (Å²) in [4.78, 5) is 0. The Kier molecular flexibility index (Phi) is 2.39. The maximum Gasteiger partial charge on any atom is 0.212 e. The number of hydrazine groups is 2. The molecule has 1 heterocycles. The van der Waals surface area contributed by atoms with Crippen molar-refractivity contribution in [2.75, 3.05) is 0 Å². The maximum absolute atomic E-state index is 5.42. The van der Waals surface area contributed by atoms with Gasteiger partial charge in [0, 0.05) is 6.08 Å². The number of nitrogens with zero attached hydrogens (tertiary/aromatic N) is 2. The Morgan fingerprint density at radius 2 is 2.33 bits per heavy atom. The Labute approximate surface area is 70.8 Å². The molecule has 0 atom stereocenters. The second-order valence-electron chi connectivity index (χ2n) is 2.66. The molecule has 6 nitrogen and oxygen atoms in total. The molecule has 6 heteroatoms. The predicted octanol–water partition coefficient (Wildman–Crippen LogP) is -0.781. The summed E-state index contributed by atoms with van der Waals surface area (Å²) >= 11 is 0. The van der Waals surface area contributed by atoms with Gasteiger partial charge in [-0.05, 0) is 13.8 Å². The molecule has 0 spiro atoms. The van der Waals surface area contributed by atoms with Gasteiger partial charge in [0.05, 0.1) is 6.10 Å². The van der Waals surface area contributed by atoms with Crippen LogP contribution >= 0.6 is 0 Å². The molecule has 0 bridgehead atoms. The third kappa shape index (κ3) is 2.31. The zero-order valence-electron chi connectivity index (χ0n) is 7.11. The minimum Gasteiger partial charge on any atom is -0.475 e. The molecule has 0 fully saturated rings. The molecule has 0 aliphatic carbocycles. The molecule has 0 unspecified atom stereocenters. The maximum atomic E-state index is 5.42. The third-order valence-electron chi connectivity index (χ3n) is 1.09. The number of hydrazone groups is 1. The SMILES string of the molecule is CC(C)OC1=CC(N)=NN(N)N1. The molecule has 0 aromatic heterocycles. The number of rotatable bonds is 2. The summed E-state index contributed by atoms with van der Waals surface area (Å²) in [7, 11) is 0. The van der Waals surface area contributed by atoms with Crippen LogP contribution in [0.2, 0.25) is 0 Å². The lowest BCUT2D eigenvalue weighted by Crippen LogP contribution is -2.44. The van der Waals surface area contributed by atoms with E-state index >= 15 is 0 Å². The lowest BCUT2D eigenvalue weighted by atomic mass is 10.4. The van der Waals surface area contributed by atoms with Crippen molar-refractivity contribution in [1.29, 1.82) is 0 Å². The first-order chi connectivity index (χ1) is 5.58. The van der Waals surface area contributed by atoms with Gasteiger partial charge in [-0.1, -0.05) is 0 Å². The lowest BCUT2D eigenvalue weighted by molar-refractivity contribution is 0.0778. The third-order valence-corrected chi connectivity index (χ3v) is 1.09. The van der Waals surface area contributed by atoms with Gasteiger partial charge in [-0.3, -0.25) is 0 Å². The standard InChI is InChI=1S/C6H13N5O/c1-4(2)12-6-3-5(7)9-11(8)10-6/h3-4,10H,8H2,1-2H3,(H2,7,9). The Morgan fingerprint density at radius 3 is 2.83 bits per heavy atom. The summed E-state index contributed by atoms with van der Waals surface area (Å²) in [6.07, 6.45) is 1.65. The summed E-state index contributed by atoms with van der Waals surface area (Å²) in [6.45, 7) is 3.82. The van der Waals surface area contributed by atoms with E-state index in [1.54, 1.807) is 6.08 Å². The number of ether oxygens (including phenoxy) is 1. The molecule has 0 aromatic carbocycles. The van der Waals surface area contributed by atoms with Crippen molar-refractivity contribution in [3.63, 3.8) is 0 Å². The van der Waals surface area contributed by atoms with Gasteiger partial charge in [0.1, 0.15) is 0 Å². The highest BCUT2D eigenvalue weighted by Crippen LogP contribution is 2.02. The van der Waals surface area contributed by atoms with E-state index in [0.717, 1.165) is 5.23 Å². The van der Waals surface area contributed by atoms with Crippen LogP contribution in [-0.4, -0.2) is 17.2 Å². The summed E-state index contributed by atoms with van der Waals surface area (Å²) in [5.41, 5.74) is 8.08. The fourth-order valence-electron chi connectivity index (χ4n) is 0.772. The summed E-state index contributed by atoms with van der Waals surface area (Å²) in [5, 5.41) is 4.69. The summed E-state index contributed by atoms with van der Waals surface area (Å²) < 4.78 is 5.30. The van der Waals surface area contributed by atoms with Crippen LogP contribution in [0, 0.1) is 0 Å². The topological polar surface area (TPSA) is 88.9 Å². The van der Waals surface area contributed by atoms with Crippen molar-refractivity contribution >= 4 is 5.84 Å². The number of hydrogen-bond acceptors (Lipinski definition) is 6. The first kappa shape index (κ1) is 8.66. The Hall–Kier alpha value is -1.43. The highest BCUT2D eigenvalue weighted by molar-refractivity contribution is 5.91. The fourth-order valence-corrected chi connectivity index (χ4v) is 0.772. The van der Waals surface area contributed by atoms with Crippen molar-refractivity contribution in [2.45, 2.75) is 20.0 Å². The number of amidine groups is 1. The summed E-state index contributed by atoms with van der Waals surface area (Å²) in [5.74, 6) is 6.14. The predicted molar refractivity (Wildman–Crippen MR) is 45.1 cm³/mol. The van der Waals surface area contributed by atoms with E-state index in [0.29, 0.717) is 11.7 Å². The average Bonchev–Trinajstić information content (AvgIpc) is 1.81. The monoisotopic (exact) mass is 171 g/mol. The van der Waals surface area contributed by atoms with Gasteiger partial charge in [-0.15, -0.1) is 10.3 Å². The Morgan fingerprint density at radius 1 is 1.67 bits per heavy atom. The van der Waals surface area contributed by atoms with E-state index in [1.165, 1.54) is 0 Å². The quantitative estimate of drug-likeness (QED) is 0.474. The molecule has 0 saturated carbocycles. The molecule has 0 aromatic rings. The van der Waals surface area contributed by atoms with Crippen molar-refractivity contribution in [2.24, 2.45) is 16.7 Å². The Bertz CT molecular complexity index is 222.